The predicted molar refractivity (Wildman–Crippen MR) is 85.1 cm³/mol. The Morgan fingerprint density at radius 3 is 2.27 bits per heavy atom. The highest BCUT2D eigenvalue weighted by Crippen LogP contribution is 2.08. The summed E-state index contributed by atoms with van der Waals surface area (Å²) in [5, 5.41) is 11.4. The van der Waals surface area contributed by atoms with Crippen molar-refractivity contribution in [3.63, 3.8) is 0 Å². The van der Waals surface area contributed by atoms with E-state index in [1.54, 1.807) is 0 Å². The maximum absolute atomic E-state index is 5.50. The van der Waals surface area contributed by atoms with E-state index in [2.05, 4.69) is 36.4 Å². The Kier molecular flexibility index (Phi) is 10.8. The van der Waals surface area contributed by atoms with E-state index in [1.165, 1.54) is 0 Å². The number of ether oxygens (including phenoxy) is 3. The summed E-state index contributed by atoms with van der Waals surface area (Å²) in [5.41, 5.74) is 1.01. The molecule has 0 spiro atoms. The van der Waals surface area contributed by atoms with Gasteiger partial charge in [-0.15, -0.1) is 5.10 Å². The SMILES string of the molecule is CCNCCOCCOCCOCCn1cc(C(C)C)nn1. The van der Waals surface area contributed by atoms with E-state index in [1.807, 2.05) is 10.9 Å². The minimum Gasteiger partial charge on any atom is -0.378 e. The lowest BCUT2D eigenvalue weighted by atomic mass is 10.2. The molecule has 0 bridgehead atoms. The fraction of sp³-hybridized carbons (Fsp3) is 0.867. The monoisotopic (exact) mass is 314 g/mol. The number of nitrogens with one attached hydrogen (secondary N) is 1. The van der Waals surface area contributed by atoms with Gasteiger partial charge in [0, 0.05) is 12.7 Å². The third-order valence-corrected chi connectivity index (χ3v) is 3.03. The number of hydrogen-bond donors (Lipinski definition) is 1. The first-order valence-electron chi connectivity index (χ1n) is 8.08. The topological polar surface area (TPSA) is 70.4 Å². The molecule has 7 nitrogen and oxygen atoms in total. The molecule has 0 atom stereocenters. The first-order chi connectivity index (χ1) is 10.7. The first kappa shape index (κ1) is 19.0. The van der Waals surface area contributed by atoms with Gasteiger partial charge in [0.2, 0.25) is 0 Å². The lowest BCUT2D eigenvalue weighted by molar-refractivity contribution is 0.0133. The Labute approximate surface area is 133 Å². The molecular formula is C15H30N4O3. The molecule has 0 aliphatic rings. The zero-order valence-corrected chi connectivity index (χ0v) is 14.1. The standard InChI is InChI=1S/C15H30N4O3/c1-4-16-5-7-20-9-11-22-12-10-21-8-6-19-13-15(14(2)3)17-18-19/h13-14,16H,4-12H2,1-3H3. The maximum atomic E-state index is 5.50. The summed E-state index contributed by atoms with van der Waals surface area (Å²) < 4.78 is 18.1. The van der Waals surface area contributed by atoms with Crippen LogP contribution in [-0.4, -0.2) is 67.7 Å². The summed E-state index contributed by atoms with van der Waals surface area (Å²) in [5.74, 6) is 0.406. The maximum Gasteiger partial charge on any atom is 0.0852 e. The van der Waals surface area contributed by atoms with Gasteiger partial charge >= 0.3 is 0 Å². The van der Waals surface area contributed by atoms with Crippen LogP contribution < -0.4 is 5.32 Å². The van der Waals surface area contributed by atoms with Crippen molar-refractivity contribution >= 4 is 0 Å². The quantitative estimate of drug-likeness (QED) is 0.518. The van der Waals surface area contributed by atoms with Gasteiger partial charge in [-0.1, -0.05) is 26.0 Å². The molecule has 1 heterocycles. The number of hydrogen-bond acceptors (Lipinski definition) is 6. The zero-order chi connectivity index (χ0) is 16.0. The van der Waals surface area contributed by atoms with Crippen molar-refractivity contribution in [1.29, 1.82) is 0 Å². The van der Waals surface area contributed by atoms with Crippen LogP contribution in [0.25, 0.3) is 0 Å². The fourth-order valence-electron chi connectivity index (χ4n) is 1.71. The van der Waals surface area contributed by atoms with E-state index in [-0.39, 0.29) is 0 Å². The molecule has 0 aliphatic heterocycles. The van der Waals surface area contributed by atoms with Crippen molar-refractivity contribution in [2.45, 2.75) is 33.2 Å². The summed E-state index contributed by atoms with van der Waals surface area (Å²) in [7, 11) is 0. The second-order valence-corrected chi connectivity index (χ2v) is 5.25. The van der Waals surface area contributed by atoms with Gasteiger partial charge in [0.1, 0.15) is 0 Å². The van der Waals surface area contributed by atoms with E-state index in [4.69, 9.17) is 14.2 Å². The van der Waals surface area contributed by atoms with Crippen LogP contribution in [-0.2, 0) is 20.8 Å². The van der Waals surface area contributed by atoms with Gasteiger partial charge in [-0.3, -0.25) is 0 Å². The van der Waals surface area contributed by atoms with Crippen molar-refractivity contribution in [2.24, 2.45) is 0 Å². The van der Waals surface area contributed by atoms with Gasteiger partial charge < -0.3 is 19.5 Å². The van der Waals surface area contributed by atoms with Crippen molar-refractivity contribution in [2.75, 3.05) is 52.7 Å². The van der Waals surface area contributed by atoms with Gasteiger partial charge in [0.15, 0.2) is 0 Å². The smallest absolute Gasteiger partial charge is 0.0852 e. The van der Waals surface area contributed by atoms with Crippen LogP contribution in [0.4, 0.5) is 0 Å². The summed E-state index contributed by atoms with van der Waals surface area (Å²) >= 11 is 0. The molecule has 0 unspecified atom stereocenters. The highest BCUT2D eigenvalue weighted by molar-refractivity contribution is 4.97. The predicted octanol–water partition coefficient (Wildman–Crippen LogP) is 1.06. The van der Waals surface area contributed by atoms with Crippen molar-refractivity contribution in [1.82, 2.24) is 20.3 Å². The normalized spacial score (nSPS) is 11.5. The van der Waals surface area contributed by atoms with Gasteiger partial charge in [-0.25, -0.2) is 4.68 Å². The Morgan fingerprint density at radius 2 is 1.68 bits per heavy atom. The molecular weight excluding hydrogens is 284 g/mol. The molecule has 1 rings (SSSR count). The average molecular weight is 314 g/mol. The van der Waals surface area contributed by atoms with Crippen LogP contribution in [0.15, 0.2) is 6.20 Å². The van der Waals surface area contributed by atoms with Crippen LogP contribution in [0.2, 0.25) is 0 Å². The molecule has 22 heavy (non-hydrogen) atoms. The summed E-state index contributed by atoms with van der Waals surface area (Å²) in [6.07, 6.45) is 1.97. The van der Waals surface area contributed by atoms with Crippen LogP contribution in [0.1, 0.15) is 32.4 Å². The minimum absolute atomic E-state index is 0.406. The van der Waals surface area contributed by atoms with E-state index >= 15 is 0 Å². The number of rotatable bonds is 14. The van der Waals surface area contributed by atoms with Crippen LogP contribution >= 0.6 is 0 Å². The molecule has 0 radical (unpaired) electrons. The highest BCUT2D eigenvalue weighted by Gasteiger charge is 2.04. The van der Waals surface area contributed by atoms with E-state index in [9.17, 15) is 0 Å². The Bertz CT molecular complexity index is 371. The molecule has 0 fully saturated rings. The molecule has 0 aliphatic carbocycles. The molecule has 1 aromatic heterocycles. The van der Waals surface area contributed by atoms with Crippen LogP contribution in [0, 0.1) is 0 Å². The van der Waals surface area contributed by atoms with Crippen LogP contribution in [0.5, 0.6) is 0 Å². The van der Waals surface area contributed by atoms with Gasteiger partial charge in [-0.2, -0.15) is 0 Å². The first-order valence-corrected chi connectivity index (χ1v) is 8.08. The third-order valence-electron chi connectivity index (χ3n) is 3.03. The van der Waals surface area contributed by atoms with E-state index < -0.39 is 0 Å². The third kappa shape index (κ3) is 9.09. The number of nitrogens with zero attached hydrogens (tertiary/aromatic N) is 3. The minimum atomic E-state index is 0.406. The molecule has 1 aromatic rings. The zero-order valence-electron chi connectivity index (χ0n) is 14.1. The van der Waals surface area contributed by atoms with Crippen molar-refractivity contribution < 1.29 is 14.2 Å². The summed E-state index contributed by atoms with van der Waals surface area (Å²) in [6.45, 7) is 12.6. The van der Waals surface area contributed by atoms with E-state index in [0.29, 0.717) is 45.5 Å². The van der Waals surface area contributed by atoms with E-state index in [0.717, 1.165) is 25.4 Å². The largest absolute Gasteiger partial charge is 0.378 e. The highest BCUT2D eigenvalue weighted by atomic mass is 16.5. The van der Waals surface area contributed by atoms with Crippen molar-refractivity contribution in [3.05, 3.63) is 11.9 Å². The van der Waals surface area contributed by atoms with Crippen molar-refractivity contribution in [3.8, 4) is 0 Å². The molecule has 7 heteroatoms. The Morgan fingerprint density at radius 1 is 1.05 bits per heavy atom. The molecule has 0 amide bonds. The molecule has 128 valence electrons. The fourth-order valence-corrected chi connectivity index (χ4v) is 1.71. The summed E-state index contributed by atoms with van der Waals surface area (Å²) in [4.78, 5) is 0. The molecule has 0 aromatic carbocycles. The Hall–Kier alpha value is -1.02. The Balaban J connectivity index is 1.85. The lowest BCUT2D eigenvalue weighted by Gasteiger charge is -2.07. The van der Waals surface area contributed by atoms with Gasteiger partial charge in [0.25, 0.3) is 0 Å². The second-order valence-electron chi connectivity index (χ2n) is 5.25. The number of aromatic nitrogens is 3. The average Bonchev–Trinajstić information content (AvgIpc) is 2.97. The summed E-state index contributed by atoms with van der Waals surface area (Å²) in [6, 6.07) is 0. The lowest BCUT2D eigenvalue weighted by Crippen LogP contribution is -2.20. The van der Waals surface area contributed by atoms with Gasteiger partial charge in [-0.05, 0) is 12.5 Å². The second kappa shape index (κ2) is 12.5. The van der Waals surface area contributed by atoms with Gasteiger partial charge in [0.05, 0.1) is 51.9 Å². The number of likely N-dealkylation sites (N-methyl/N-ethyl adjacent to an activating group) is 1. The van der Waals surface area contributed by atoms with Crippen LogP contribution in [0.3, 0.4) is 0 Å². The molecule has 0 saturated carbocycles. The molecule has 1 N–H and O–H groups in total. The molecule has 0 saturated heterocycles.